The predicted molar refractivity (Wildman–Crippen MR) is 86.9 cm³/mol. The highest BCUT2D eigenvalue weighted by Gasteiger charge is 2.24. The van der Waals surface area contributed by atoms with Crippen molar-refractivity contribution >= 4 is 12.2 Å². The van der Waals surface area contributed by atoms with Crippen LogP contribution in [-0.4, -0.2) is 30.0 Å². The third-order valence-corrected chi connectivity index (χ3v) is 4.56. The van der Waals surface area contributed by atoms with Gasteiger partial charge in [0.25, 0.3) is 0 Å². The van der Waals surface area contributed by atoms with Gasteiger partial charge in [0, 0.05) is 13.5 Å². The number of aromatic nitrogens is 2. The highest BCUT2D eigenvalue weighted by molar-refractivity contribution is 7.71. The Bertz CT molecular complexity index is 777. The molecule has 0 amide bonds. The summed E-state index contributed by atoms with van der Waals surface area (Å²) < 4.78 is 21.4. The maximum Gasteiger partial charge on any atom is 0.216 e. The van der Waals surface area contributed by atoms with Crippen LogP contribution in [0.1, 0.15) is 23.7 Å². The molecule has 1 aromatic carbocycles. The summed E-state index contributed by atoms with van der Waals surface area (Å²) in [4.78, 5) is 0. The highest BCUT2D eigenvalue weighted by atomic mass is 32.1. The average Bonchev–Trinajstić information content (AvgIpc) is 2.76. The van der Waals surface area contributed by atoms with Gasteiger partial charge in [-0.1, -0.05) is 0 Å². The molecular formula is C16H20N2O3S. The summed E-state index contributed by atoms with van der Waals surface area (Å²) in [5, 5.41) is 0. The van der Waals surface area contributed by atoms with E-state index in [4.69, 9.17) is 26.4 Å². The van der Waals surface area contributed by atoms with Crippen molar-refractivity contribution in [1.82, 2.24) is 9.13 Å². The second-order valence-electron chi connectivity index (χ2n) is 5.27. The first-order chi connectivity index (χ1) is 10.6. The fraction of sp³-hybridized carbons (Fsp3) is 0.438. The van der Waals surface area contributed by atoms with E-state index < -0.39 is 0 Å². The summed E-state index contributed by atoms with van der Waals surface area (Å²) in [6, 6.07) is 4.08. The standard InChI is InChI=1S/C16H20N2O3S/c1-5-21-15-12-6-10-7-13(19-3)14(20-4)8-11(10)9-18(12)16(22)17(15)2/h7-8H,5-6,9H2,1-4H3. The quantitative estimate of drug-likeness (QED) is 0.693. The molecular weight excluding hydrogens is 300 g/mol. The van der Waals surface area contributed by atoms with Gasteiger partial charge >= 0.3 is 0 Å². The molecule has 6 heteroatoms. The van der Waals surface area contributed by atoms with Crippen LogP contribution in [0.3, 0.4) is 0 Å². The number of fused-ring (bicyclic) bond motifs is 2. The van der Waals surface area contributed by atoms with E-state index in [1.807, 2.05) is 30.7 Å². The smallest absolute Gasteiger partial charge is 0.216 e. The van der Waals surface area contributed by atoms with Crippen molar-refractivity contribution in [2.75, 3.05) is 20.8 Å². The fourth-order valence-corrected chi connectivity index (χ4v) is 3.23. The molecule has 5 nitrogen and oxygen atoms in total. The molecule has 0 spiro atoms. The third-order valence-electron chi connectivity index (χ3n) is 4.07. The van der Waals surface area contributed by atoms with Gasteiger partial charge in [0.2, 0.25) is 5.88 Å². The lowest BCUT2D eigenvalue weighted by molar-refractivity contribution is 0.311. The molecule has 0 saturated heterocycles. The zero-order chi connectivity index (χ0) is 15.9. The minimum absolute atomic E-state index is 0.623. The molecule has 0 aliphatic carbocycles. The maximum atomic E-state index is 5.79. The van der Waals surface area contributed by atoms with Gasteiger partial charge in [-0.15, -0.1) is 0 Å². The minimum atomic E-state index is 0.623. The molecule has 3 rings (SSSR count). The van der Waals surface area contributed by atoms with Crippen molar-refractivity contribution in [2.24, 2.45) is 7.05 Å². The first kappa shape index (κ1) is 15.0. The van der Waals surface area contributed by atoms with Crippen LogP contribution >= 0.6 is 12.2 Å². The Kier molecular flexibility index (Phi) is 3.87. The van der Waals surface area contributed by atoms with E-state index in [9.17, 15) is 0 Å². The van der Waals surface area contributed by atoms with E-state index in [0.717, 1.165) is 40.8 Å². The number of hydrogen-bond donors (Lipinski definition) is 0. The monoisotopic (exact) mass is 320 g/mol. The van der Waals surface area contributed by atoms with E-state index in [1.165, 1.54) is 11.1 Å². The van der Waals surface area contributed by atoms with E-state index in [1.54, 1.807) is 14.2 Å². The van der Waals surface area contributed by atoms with Gasteiger partial charge in [-0.3, -0.25) is 4.57 Å². The Morgan fingerprint density at radius 3 is 2.36 bits per heavy atom. The molecule has 0 bridgehead atoms. The molecule has 0 fully saturated rings. The minimum Gasteiger partial charge on any atom is -0.493 e. The van der Waals surface area contributed by atoms with Crippen LogP contribution in [0.25, 0.3) is 0 Å². The second-order valence-corrected chi connectivity index (χ2v) is 5.63. The largest absolute Gasteiger partial charge is 0.493 e. The molecule has 1 aliphatic rings. The Morgan fingerprint density at radius 2 is 1.77 bits per heavy atom. The van der Waals surface area contributed by atoms with Crippen molar-refractivity contribution in [3.8, 4) is 17.4 Å². The molecule has 2 aromatic rings. The van der Waals surface area contributed by atoms with Crippen molar-refractivity contribution in [3.05, 3.63) is 33.7 Å². The summed E-state index contributed by atoms with van der Waals surface area (Å²) in [5.41, 5.74) is 3.54. The first-order valence-electron chi connectivity index (χ1n) is 7.25. The molecule has 0 atom stereocenters. The van der Waals surface area contributed by atoms with E-state index >= 15 is 0 Å². The lowest BCUT2D eigenvalue weighted by atomic mass is 9.98. The molecule has 2 heterocycles. The van der Waals surface area contributed by atoms with Crippen LogP contribution in [0.5, 0.6) is 17.4 Å². The van der Waals surface area contributed by atoms with Gasteiger partial charge in [0.1, 0.15) is 0 Å². The first-order valence-corrected chi connectivity index (χ1v) is 7.66. The molecule has 118 valence electrons. The van der Waals surface area contributed by atoms with Crippen LogP contribution < -0.4 is 14.2 Å². The summed E-state index contributed by atoms with van der Waals surface area (Å²) in [6.45, 7) is 3.33. The summed E-state index contributed by atoms with van der Waals surface area (Å²) in [5.74, 6) is 2.35. The summed E-state index contributed by atoms with van der Waals surface area (Å²) in [7, 11) is 5.26. The molecule has 22 heavy (non-hydrogen) atoms. The Balaban J connectivity index is 2.12. The lowest BCUT2D eigenvalue weighted by Crippen LogP contribution is -2.15. The van der Waals surface area contributed by atoms with E-state index in [-0.39, 0.29) is 0 Å². The van der Waals surface area contributed by atoms with E-state index in [0.29, 0.717) is 6.61 Å². The number of nitrogens with zero attached hydrogens (tertiary/aromatic N) is 2. The zero-order valence-corrected chi connectivity index (χ0v) is 14.1. The highest BCUT2D eigenvalue weighted by Crippen LogP contribution is 2.37. The molecule has 1 aromatic heterocycles. The molecule has 0 unspecified atom stereocenters. The van der Waals surface area contributed by atoms with Gasteiger partial charge in [0.15, 0.2) is 16.3 Å². The number of rotatable bonds is 4. The van der Waals surface area contributed by atoms with Crippen LogP contribution in [-0.2, 0) is 20.0 Å². The number of imidazole rings is 1. The molecule has 0 N–H and O–H groups in total. The molecule has 0 radical (unpaired) electrons. The van der Waals surface area contributed by atoms with Gasteiger partial charge in [-0.25, -0.2) is 0 Å². The van der Waals surface area contributed by atoms with Gasteiger partial charge in [-0.05, 0) is 42.4 Å². The molecule has 1 aliphatic heterocycles. The lowest BCUT2D eigenvalue weighted by Gasteiger charge is -2.21. The van der Waals surface area contributed by atoms with Gasteiger partial charge < -0.3 is 18.8 Å². The SMILES string of the molecule is CCOc1c2n(c(=S)n1C)Cc1cc(OC)c(OC)cc1C2. The maximum absolute atomic E-state index is 5.79. The predicted octanol–water partition coefficient (Wildman–Crippen LogP) is 2.92. The number of ether oxygens (including phenoxy) is 3. The van der Waals surface area contributed by atoms with Crippen molar-refractivity contribution in [1.29, 1.82) is 0 Å². The van der Waals surface area contributed by atoms with E-state index in [2.05, 4.69) is 4.57 Å². The normalized spacial score (nSPS) is 12.5. The van der Waals surface area contributed by atoms with Crippen molar-refractivity contribution in [3.63, 3.8) is 0 Å². The second kappa shape index (κ2) is 5.68. The summed E-state index contributed by atoms with van der Waals surface area (Å²) >= 11 is 5.54. The van der Waals surface area contributed by atoms with Crippen LogP contribution in [0.15, 0.2) is 12.1 Å². The number of methoxy groups -OCH3 is 2. The Hall–Kier alpha value is -1.95. The average molecular weight is 320 g/mol. The Morgan fingerprint density at radius 1 is 1.14 bits per heavy atom. The number of benzene rings is 1. The Labute approximate surface area is 135 Å². The topological polar surface area (TPSA) is 37.5 Å². The third kappa shape index (κ3) is 2.18. The van der Waals surface area contributed by atoms with Gasteiger partial charge in [0.05, 0.1) is 33.1 Å². The van der Waals surface area contributed by atoms with Crippen LogP contribution in [0.4, 0.5) is 0 Å². The molecule has 0 saturated carbocycles. The fourth-order valence-electron chi connectivity index (χ4n) is 2.97. The van der Waals surface area contributed by atoms with Crippen LogP contribution in [0.2, 0.25) is 0 Å². The van der Waals surface area contributed by atoms with Crippen molar-refractivity contribution < 1.29 is 14.2 Å². The van der Waals surface area contributed by atoms with Gasteiger partial charge in [-0.2, -0.15) is 0 Å². The zero-order valence-electron chi connectivity index (χ0n) is 13.3. The van der Waals surface area contributed by atoms with Crippen LogP contribution in [0, 0.1) is 4.77 Å². The van der Waals surface area contributed by atoms with Crippen molar-refractivity contribution in [2.45, 2.75) is 19.9 Å². The summed E-state index contributed by atoms with van der Waals surface area (Å²) in [6.07, 6.45) is 0.773. The number of hydrogen-bond acceptors (Lipinski definition) is 4.